The number of imidazole rings is 1. The van der Waals surface area contributed by atoms with Gasteiger partial charge in [0.25, 0.3) is 0 Å². The Bertz CT molecular complexity index is 754. The molecule has 1 aromatic heterocycles. The fourth-order valence-corrected chi connectivity index (χ4v) is 2.57. The van der Waals surface area contributed by atoms with Gasteiger partial charge in [-0.15, -0.1) is 0 Å². The molecule has 1 fully saturated rings. The van der Waals surface area contributed by atoms with E-state index in [1.165, 1.54) is 23.6 Å². The minimum Gasteiger partial charge on any atom is -0.383 e. The van der Waals surface area contributed by atoms with E-state index in [1.807, 2.05) is 6.33 Å². The first kappa shape index (κ1) is 10.6. The summed E-state index contributed by atoms with van der Waals surface area (Å²) in [6, 6.07) is 15.3. The number of nitrogens with zero attached hydrogens (tertiary/aromatic N) is 2. The maximum absolute atomic E-state index is 6.22. The average Bonchev–Trinajstić information content (AvgIpc) is 3.21. The van der Waals surface area contributed by atoms with Gasteiger partial charge in [0.15, 0.2) is 0 Å². The fraction of sp³-hybridized carbons (Fsp3) is 0.188. The molecule has 0 saturated heterocycles. The summed E-state index contributed by atoms with van der Waals surface area (Å²) in [5.74, 6) is 0.790. The molecular weight excluding hydrogens is 234 g/mol. The highest BCUT2D eigenvalue weighted by Crippen LogP contribution is 2.39. The first-order valence-electron chi connectivity index (χ1n) is 6.64. The third-order valence-electron chi connectivity index (χ3n) is 3.80. The van der Waals surface area contributed by atoms with Crippen molar-refractivity contribution in [3.8, 4) is 11.3 Å². The highest BCUT2D eigenvalue weighted by Gasteiger charge is 2.26. The van der Waals surface area contributed by atoms with Gasteiger partial charge in [-0.05, 0) is 29.7 Å². The molecule has 3 heteroatoms. The van der Waals surface area contributed by atoms with E-state index in [2.05, 4.69) is 52.0 Å². The lowest BCUT2D eigenvalue weighted by Crippen LogP contribution is -1.99. The summed E-state index contributed by atoms with van der Waals surface area (Å²) in [7, 11) is 0. The number of hydrogen-bond donors (Lipinski definition) is 1. The molecule has 1 aliphatic carbocycles. The molecule has 2 aromatic carbocycles. The fourth-order valence-electron chi connectivity index (χ4n) is 2.57. The van der Waals surface area contributed by atoms with Crippen LogP contribution in [-0.2, 0) is 0 Å². The number of rotatable bonds is 2. The molecule has 0 atom stereocenters. The van der Waals surface area contributed by atoms with Crippen molar-refractivity contribution in [2.45, 2.75) is 18.9 Å². The van der Waals surface area contributed by atoms with E-state index in [0.29, 0.717) is 6.04 Å². The summed E-state index contributed by atoms with van der Waals surface area (Å²) in [5.41, 5.74) is 8.21. The Kier molecular flexibility index (Phi) is 2.15. The van der Waals surface area contributed by atoms with Crippen molar-refractivity contribution in [1.82, 2.24) is 9.55 Å². The molecule has 1 aliphatic rings. The van der Waals surface area contributed by atoms with Crippen LogP contribution in [0.2, 0.25) is 0 Å². The number of aromatic nitrogens is 2. The predicted molar refractivity (Wildman–Crippen MR) is 77.9 cm³/mol. The van der Waals surface area contributed by atoms with Gasteiger partial charge in [0.1, 0.15) is 11.5 Å². The highest BCUT2D eigenvalue weighted by atomic mass is 15.2. The maximum atomic E-state index is 6.22. The van der Waals surface area contributed by atoms with Crippen LogP contribution in [0.5, 0.6) is 0 Å². The van der Waals surface area contributed by atoms with E-state index in [-0.39, 0.29) is 0 Å². The van der Waals surface area contributed by atoms with Crippen LogP contribution in [0, 0.1) is 0 Å². The van der Waals surface area contributed by atoms with Gasteiger partial charge in [-0.2, -0.15) is 0 Å². The molecule has 3 nitrogen and oxygen atoms in total. The van der Waals surface area contributed by atoms with Crippen LogP contribution in [0.15, 0.2) is 48.8 Å². The molecule has 19 heavy (non-hydrogen) atoms. The van der Waals surface area contributed by atoms with Crippen molar-refractivity contribution >= 4 is 16.6 Å². The monoisotopic (exact) mass is 249 g/mol. The van der Waals surface area contributed by atoms with Gasteiger partial charge in [-0.1, -0.05) is 36.4 Å². The summed E-state index contributed by atoms with van der Waals surface area (Å²) >= 11 is 0. The van der Waals surface area contributed by atoms with Crippen LogP contribution in [0.3, 0.4) is 0 Å². The Morgan fingerprint density at radius 1 is 1.05 bits per heavy atom. The van der Waals surface area contributed by atoms with E-state index in [0.717, 1.165) is 17.1 Å². The van der Waals surface area contributed by atoms with Gasteiger partial charge in [0.05, 0.1) is 6.33 Å². The first-order chi connectivity index (χ1) is 9.33. The third-order valence-corrected chi connectivity index (χ3v) is 3.80. The van der Waals surface area contributed by atoms with E-state index >= 15 is 0 Å². The number of fused-ring (bicyclic) bond motifs is 1. The van der Waals surface area contributed by atoms with E-state index < -0.39 is 0 Å². The lowest BCUT2D eigenvalue weighted by molar-refractivity contribution is 0.751. The Balaban J connectivity index is 1.85. The summed E-state index contributed by atoms with van der Waals surface area (Å²) in [6.07, 6.45) is 4.31. The molecule has 94 valence electrons. The molecule has 0 aliphatic heterocycles. The Morgan fingerprint density at radius 2 is 1.84 bits per heavy atom. The van der Waals surface area contributed by atoms with Crippen molar-refractivity contribution < 1.29 is 0 Å². The van der Waals surface area contributed by atoms with Crippen molar-refractivity contribution in [1.29, 1.82) is 0 Å². The Labute approximate surface area is 111 Å². The van der Waals surface area contributed by atoms with Crippen molar-refractivity contribution in [2.75, 3.05) is 5.73 Å². The number of nitrogens with two attached hydrogens (primary N) is 1. The third kappa shape index (κ3) is 1.70. The van der Waals surface area contributed by atoms with Crippen LogP contribution in [0.25, 0.3) is 22.0 Å². The molecule has 0 spiro atoms. The first-order valence-corrected chi connectivity index (χ1v) is 6.64. The second kappa shape index (κ2) is 3.85. The molecule has 0 radical (unpaired) electrons. The van der Waals surface area contributed by atoms with Gasteiger partial charge < -0.3 is 10.3 Å². The van der Waals surface area contributed by atoms with Gasteiger partial charge in [-0.3, -0.25) is 0 Å². The Hall–Kier alpha value is -2.29. The largest absolute Gasteiger partial charge is 0.383 e. The smallest absolute Gasteiger partial charge is 0.131 e. The molecule has 1 saturated carbocycles. The number of anilines is 1. The standard InChI is InChI=1S/C16H15N3/c17-16-15(18-10-19(16)14-7-8-14)13-6-5-11-3-1-2-4-12(11)9-13/h1-6,9-10,14H,7-8,17H2. The molecule has 0 amide bonds. The molecule has 2 N–H and O–H groups in total. The van der Waals surface area contributed by atoms with E-state index in [4.69, 9.17) is 5.73 Å². The highest BCUT2D eigenvalue weighted by molar-refractivity contribution is 5.88. The SMILES string of the molecule is Nc1c(-c2ccc3ccccc3c2)ncn1C1CC1. The summed E-state index contributed by atoms with van der Waals surface area (Å²) in [4.78, 5) is 4.49. The van der Waals surface area contributed by atoms with Crippen LogP contribution in [-0.4, -0.2) is 9.55 Å². The normalized spacial score (nSPS) is 14.9. The molecule has 3 aromatic rings. The zero-order valence-electron chi connectivity index (χ0n) is 10.6. The zero-order valence-corrected chi connectivity index (χ0v) is 10.6. The maximum Gasteiger partial charge on any atom is 0.131 e. The second-order valence-corrected chi connectivity index (χ2v) is 5.18. The van der Waals surface area contributed by atoms with Crippen LogP contribution in [0.1, 0.15) is 18.9 Å². The quantitative estimate of drug-likeness (QED) is 0.753. The predicted octanol–water partition coefficient (Wildman–Crippen LogP) is 3.62. The summed E-state index contributed by atoms with van der Waals surface area (Å²) in [5, 5.41) is 2.46. The van der Waals surface area contributed by atoms with Crippen LogP contribution in [0.4, 0.5) is 5.82 Å². The lowest BCUT2D eigenvalue weighted by atomic mass is 10.1. The molecule has 1 heterocycles. The molecule has 0 bridgehead atoms. The van der Waals surface area contributed by atoms with Gasteiger partial charge in [0, 0.05) is 11.6 Å². The van der Waals surface area contributed by atoms with Crippen LogP contribution < -0.4 is 5.73 Å². The molecular formula is C16H15N3. The summed E-state index contributed by atoms with van der Waals surface area (Å²) < 4.78 is 2.10. The average molecular weight is 249 g/mol. The zero-order chi connectivity index (χ0) is 12.8. The van der Waals surface area contributed by atoms with Gasteiger partial charge in [-0.25, -0.2) is 4.98 Å². The van der Waals surface area contributed by atoms with Gasteiger partial charge >= 0.3 is 0 Å². The lowest BCUT2D eigenvalue weighted by Gasteiger charge is -2.05. The summed E-state index contributed by atoms with van der Waals surface area (Å²) in [6.45, 7) is 0. The topological polar surface area (TPSA) is 43.8 Å². The van der Waals surface area contributed by atoms with Crippen LogP contribution >= 0.6 is 0 Å². The number of benzene rings is 2. The Morgan fingerprint density at radius 3 is 2.63 bits per heavy atom. The van der Waals surface area contributed by atoms with E-state index in [1.54, 1.807) is 0 Å². The minimum atomic E-state index is 0.571. The molecule has 4 rings (SSSR count). The number of hydrogen-bond acceptors (Lipinski definition) is 2. The van der Waals surface area contributed by atoms with Crippen molar-refractivity contribution in [2.24, 2.45) is 0 Å². The number of nitrogen functional groups attached to an aromatic ring is 1. The van der Waals surface area contributed by atoms with Crippen molar-refractivity contribution in [3.05, 3.63) is 48.8 Å². The minimum absolute atomic E-state index is 0.571. The molecule has 0 unspecified atom stereocenters. The van der Waals surface area contributed by atoms with Crippen molar-refractivity contribution in [3.63, 3.8) is 0 Å². The van der Waals surface area contributed by atoms with Gasteiger partial charge in [0.2, 0.25) is 0 Å². The second-order valence-electron chi connectivity index (χ2n) is 5.18. The van der Waals surface area contributed by atoms with E-state index in [9.17, 15) is 0 Å².